The van der Waals surface area contributed by atoms with Crippen LogP contribution >= 0.6 is 0 Å². The van der Waals surface area contributed by atoms with Gasteiger partial charge in [-0.3, -0.25) is 13.9 Å². The summed E-state index contributed by atoms with van der Waals surface area (Å²) in [5.74, 6) is 1.63. The van der Waals surface area contributed by atoms with E-state index >= 15 is 0 Å². The van der Waals surface area contributed by atoms with Gasteiger partial charge in [0.15, 0.2) is 0 Å². The Labute approximate surface area is 112 Å². The van der Waals surface area contributed by atoms with Gasteiger partial charge in [0.05, 0.1) is 0 Å². The van der Waals surface area contributed by atoms with Crippen molar-refractivity contribution in [3.63, 3.8) is 0 Å². The molecule has 0 amide bonds. The van der Waals surface area contributed by atoms with Gasteiger partial charge in [-0.25, -0.2) is 4.79 Å². The maximum atomic E-state index is 11.8. The van der Waals surface area contributed by atoms with E-state index in [1.165, 1.54) is 32.7 Å². The molecule has 0 aliphatic heterocycles. The Morgan fingerprint density at radius 2 is 1.74 bits per heavy atom. The first kappa shape index (κ1) is 12.7. The first-order valence-electron chi connectivity index (χ1n) is 7.07. The molecule has 0 atom stereocenters. The quantitative estimate of drug-likeness (QED) is 0.834. The van der Waals surface area contributed by atoms with Crippen LogP contribution in [0.5, 0.6) is 0 Å². The van der Waals surface area contributed by atoms with Crippen molar-refractivity contribution in [3.8, 4) is 0 Å². The summed E-state index contributed by atoms with van der Waals surface area (Å²) in [5, 5.41) is 3.57. The average molecular weight is 263 g/mol. The monoisotopic (exact) mass is 263 g/mol. The molecule has 0 unspecified atom stereocenters. The molecule has 2 saturated carbocycles. The minimum atomic E-state index is -0.251. The van der Waals surface area contributed by atoms with Crippen LogP contribution in [0.25, 0.3) is 0 Å². The van der Waals surface area contributed by atoms with Crippen molar-refractivity contribution >= 4 is 0 Å². The topological polar surface area (TPSA) is 56.0 Å². The van der Waals surface area contributed by atoms with Gasteiger partial charge < -0.3 is 5.32 Å². The van der Waals surface area contributed by atoms with E-state index in [1.807, 2.05) is 0 Å². The van der Waals surface area contributed by atoms with Gasteiger partial charge >= 0.3 is 5.69 Å². The lowest BCUT2D eigenvalue weighted by Crippen LogP contribution is -2.40. The SMILES string of the molecule is Cn1c(CNC(C2CC2)C2CC2)cc(=O)n(C)c1=O. The third kappa shape index (κ3) is 2.52. The molecule has 0 saturated heterocycles. The van der Waals surface area contributed by atoms with Gasteiger partial charge in [0, 0.05) is 38.4 Å². The van der Waals surface area contributed by atoms with Crippen molar-refractivity contribution in [2.45, 2.75) is 38.3 Å². The van der Waals surface area contributed by atoms with Crippen LogP contribution in [0.4, 0.5) is 0 Å². The van der Waals surface area contributed by atoms with E-state index in [1.54, 1.807) is 17.7 Å². The molecule has 0 bridgehead atoms. The van der Waals surface area contributed by atoms with Gasteiger partial charge in [0.2, 0.25) is 0 Å². The van der Waals surface area contributed by atoms with Crippen LogP contribution in [0.3, 0.4) is 0 Å². The zero-order valence-corrected chi connectivity index (χ0v) is 11.6. The molecule has 2 aliphatic carbocycles. The predicted molar refractivity (Wildman–Crippen MR) is 73.0 cm³/mol. The lowest BCUT2D eigenvalue weighted by Gasteiger charge is -2.18. The maximum Gasteiger partial charge on any atom is 0.330 e. The molecule has 0 aromatic carbocycles. The molecular weight excluding hydrogens is 242 g/mol. The highest BCUT2D eigenvalue weighted by Gasteiger charge is 2.41. The van der Waals surface area contributed by atoms with E-state index < -0.39 is 0 Å². The smallest absolute Gasteiger partial charge is 0.308 e. The number of hydrogen-bond acceptors (Lipinski definition) is 3. The highest BCUT2D eigenvalue weighted by molar-refractivity contribution is 5.04. The Hall–Kier alpha value is -1.36. The van der Waals surface area contributed by atoms with E-state index in [0.717, 1.165) is 22.1 Å². The van der Waals surface area contributed by atoms with Crippen LogP contribution in [0.2, 0.25) is 0 Å². The second-order valence-electron chi connectivity index (χ2n) is 5.96. The fourth-order valence-electron chi connectivity index (χ4n) is 2.80. The van der Waals surface area contributed by atoms with Gasteiger partial charge in [-0.1, -0.05) is 0 Å². The summed E-state index contributed by atoms with van der Waals surface area (Å²) in [6.07, 6.45) is 5.29. The molecule has 1 aromatic heterocycles. The van der Waals surface area contributed by atoms with Crippen LogP contribution in [0, 0.1) is 11.8 Å². The summed E-state index contributed by atoms with van der Waals surface area (Å²) in [4.78, 5) is 23.5. The lowest BCUT2D eigenvalue weighted by molar-refractivity contribution is 0.408. The van der Waals surface area contributed by atoms with E-state index in [0.29, 0.717) is 12.6 Å². The molecule has 5 heteroatoms. The van der Waals surface area contributed by atoms with Gasteiger partial charge in [0.25, 0.3) is 5.56 Å². The second kappa shape index (κ2) is 4.63. The molecule has 1 N–H and O–H groups in total. The van der Waals surface area contributed by atoms with Crippen LogP contribution in [-0.2, 0) is 20.6 Å². The Bertz CT molecular complexity index is 582. The summed E-state index contributed by atoms with van der Waals surface area (Å²) < 4.78 is 2.70. The Kier molecular flexibility index (Phi) is 3.09. The molecule has 1 heterocycles. The summed E-state index contributed by atoms with van der Waals surface area (Å²) in [7, 11) is 3.24. The molecule has 1 aromatic rings. The number of nitrogens with zero attached hydrogens (tertiary/aromatic N) is 2. The van der Waals surface area contributed by atoms with Gasteiger partial charge in [0.1, 0.15) is 0 Å². The number of nitrogens with one attached hydrogen (secondary N) is 1. The van der Waals surface area contributed by atoms with E-state index in [9.17, 15) is 9.59 Å². The lowest BCUT2D eigenvalue weighted by atomic mass is 10.1. The Morgan fingerprint density at radius 1 is 1.16 bits per heavy atom. The molecule has 104 valence electrons. The standard InChI is InChI=1S/C14H21N3O2/c1-16-11(7-12(18)17(2)14(16)19)8-15-13(9-3-4-9)10-5-6-10/h7,9-10,13,15H,3-6,8H2,1-2H3. The Balaban J connectivity index is 1.76. The predicted octanol–water partition coefficient (Wildman–Crippen LogP) is 0.362. The summed E-state index contributed by atoms with van der Waals surface area (Å²) in [6, 6.07) is 2.14. The molecule has 2 fully saturated rings. The second-order valence-corrected chi connectivity index (χ2v) is 5.96. The minimum absolute atomic E-state index is 0.228. The van der Waals surface area contributed by atoms with E-state index in [2.05, 4.69) is 5.32 Å². The van der Waals surface area contributed by atoms with Crippen LogP contribution in [0.15, 0.2) is 15.7 Å². The van der Waals surface area contributed by atoms with Gasteiger partial charge in [-0.2, -0.15) is 0 Å². The highest BCUT2D eigenvalue weighted by Crippen LogP contribution is 2.44. The molecule has 3 rings (SSSR count). The largest absolute Gasteiger partial charge is 0.330 e. The normalized spacial score (nSPS) is 19.1. The van der Waals surface area contributed by atoms with Crippen molar-refractivity contribution in [3.05, 3.63) is 32.6 Å². The number of aromatic nitrogens is 2. The molecule has 5 nitrogen and oxygen atoms in total. The van der Waals surface area contributed by atoms with Crippen molar-refractivity contribution in [1.82, 2.24) is 14.5 Å². The van der Waals surface area contributed by atoms with Gasteiger partial charge in [-0.05, 0) is 37.5 Å². The summed E-state index contributed by atoms with van der Waals surface area (Å²) >= 11 is 0. The first-order chi connectivity index (χ1) is 9.08. The van der Waals surface area contributed by atoms with Crippen LogP contribution in [-0.4, -0.2) is 15.2 Å². The average Bonchev–Trinajstić information content (AvgIpc) is 3.25. The first-order valence-corrected chi connectivity index (χ1v) is 7.07. The van der Waals surface area contributed by atoms with E-state index in [-0.39, 0.29) is 11.2 Å². The molecule has 0 radical (unpaired) electrons. The Morgan fingerprint density at radius 3 is 2.26 bits per heavy atom. The fraction of sp³-hybridized carbons (Fsp3) is 0.714. The van der Waals surface area contributed by atoms with Crippen molar-refractivity contribution in [2.75, 3.05) is 0 Å². The van der Waals surface area contributed by atoms with Crippen LogP contribution in [0.1, 0.15) is 31.4 Å². The highest BCUT2D eigenvalue weighted by atomic mass is 16.2. The molecular formula is C14H21N3O2. The summed E-state index contributed by atoms with van der Waals surface area (Å²) in [5.41, 5.74) is 0.299. The molecule has 19 heavy (non-hydrogen) atoms. The van der Waals surface area contributed by atoms with Crippen molar-refractivity contribution in [2.24, 2.45) is 25.9 Å². The minimum Gasteiger partial charge on any atom is -0.308 e. The molecule has 2 aliphatic rings. The zero-order chi connectivity index (χ0) is 13.6. The third-order valence-corrected chi connectivity index (χ3v) is 4.40. The van der Waals surface area contributed by atoms with Crippen molar-refractivity contribution < 1.29 is 0 Å². The summed E-state index contributed by atoms with van der Waals surface area (Å²) in [6.45, 7) is 0.611. The number of hydrogen-bond donors (Lipinski definition) is 1. The van der Waals surface area contributed by atoms with Gasteiger partial charge in [-0.15, -0.1) is 0 Å². The molecule has 0 spiro atoms. The van der Waals surface area contributed by atoms with E-state index in [4.69, 9.17) is 0 Å². The third-order valence-electron chi connectivity index (χ3n) is 4.40. The zero-order valence-electron chi connectivity index (χ0n) is 11.6. The number of rotatable bonds is 5. The van der Waals surface area contributed by atoms with Crippen LogP contribution < -0.4 is 16.6 Å². The fourth-order valence-corrected chi connectivity index (χ4v) is 2.80. The van der Waals surface area contributed by atoms with Crippen molar-refractivity contribution in [1.29, 1.82) is 0 Å². The maximum absolute atomic E-state index is 11.8.